The summed E-state index contributed by atoms with van der Waals surface area (Å²) in [6.07, 6.45) is -3.92. The van der Waals surface area contributed by atoms with Gasteiger partial charge in [-0.3, -0.25) is 14.4 Å². The van der Waals surface area contributed by atoms with Crippen LogP contribution >= 0.6 is 12.4 Å². The van der Waals surface area contributed by atoms with E-state index in [-0.39, 0.29) is 41.6 Å². The van der Waals surface area contributed by atoms with Gasteiger partial charge in [0.25, 0.3) is 5.56 Å². The molecule has 5 rings (SSSR count). The molecule has 4 N–H and O–H groups in total. The molecule has 0 radical (unpaired) electrons. The molecule has 1 amide bonds. The fourth-order valence-electron chi connectivity index (χ4n) is 5.00. The highest BCUT2D eigenvalue weighted by Gasteiger charge is 2.35. The number of hydrogen-bond acceptors (Lipinski definition) is 5. The Balaban J connectivity index is 0.00000387. The Morgan fingerprint density at radius 3 is 2.44 bits per heavy atom. The number of halogens is 4. The predicted molar refractivity (Wildman–Crippen MR) is 151 cm³/mol. The van der Waals surface area contributed by atoms with Gasteiger partial charge >= 0.3 is 12.1 Å². The lowest BCUT2D eigenvalue weighted by Crippen LogP contribution is -2.38. The Kier molecular flexibility index (Phi) is 8.84. The van der Waals surface area contributed by atoms with E-state index < -0.39 is 41.3 Å². The zero-order valence-corrected chi connectivity index (χ0v) is 22.4. The molecule has 1 fully saturated rings. The average molecular weight is 586 g/mol. The molecule has 7 nitrogen and oxygen atoms in total. The third-order valence-electron chi connectivity index (χ3n) is 7.01. The summed E-state index contributed by atoms with van der Waals surface area (Å²) in [5, 5.41) is 3.50. The van der Waals surface area contributed by atoms with Crippen molar-refractivity contribution in [1.29, 1.82) is 0 Å². The number of amides is 1. The number of hydrogen-bond donors (Lipinski definition) is 3. The van der Waals surface area contributed by atoms with E-state index in [4.69, 9.17) is 10.5 Å². The van der Waals surface area contributed by atoms with Gasteiger partial charge in [0.05, 0.1) is 17.5 Å². The zero-order chi connectivity index (χ0) is 28.4. The maximum Gasteiger partial charge on any atom is 0.417 e. The van der Waals surface area contributed by atoms with Gasteiger partial charge in [-0.2, -0.15) is 13.2 Å². The molecular weight excluding hydrogens is 559 g/mol. The number of nitrogens with two attached hydrogens (primary N) is 1. The highest BCUT2D eigenvalue weighted by Crippen LogP contribution is 2.37. The summed E-state index contributed by atoms with van der Waals surface area (Å²) in [5.74, 6) is -1.43. The van der Waals surface area contributed by atoms with Crippen LogP contribution < -0.4 is 16.6 Å². The quantitative estimate of drug-likeness (QED) is 0.272. The van der Waals surface area contributed by atoms with Crippen LogP contribution in [0.4, 0.5) is 13.2 Å². The first-order valence-electron chi connectivity index (χ1n) is 12.7. The van der Waals surface area contributed by atoms with E-state index in [2.05, 4.69) is 10.3 Å². The van der Waals surface area contributed by atoms with Crippen molar-refractivity contribution in [3.63, 3.8) is 0 Å². The number of aromatic amines is 1. The molecule has 1 saturated heterocycles. The highest BCUT2D eigenvalue weighted by molar-refractivity contribution is 5.90. The molecule has 4 aromatic rings. The van der Waals surface area contributed by atoms with E-state index >= 15 is 0 Å². The lowest BCUT2D eigenvalue weighted by molar-refractivity contribution is -0.146. The van der Waals surface area contributed by atoms with Gasteiger partial charge in [-0.25, -0.2) is 0 Å². The van der Waals surface area contributed by atoms with Gasteiger partial charge in [0.2, 0.25) is 5.91 Å². The maximum absolute atomic E-state index is 13.5. The van der Waals surface area contributed by atoms with E-state index in [1.54, 1.807) is 18.2 Å². The number of ether oxygens (including phenoxy) is 1. The molecule has 1 aromatic heterocycles. The number of rotatable bonds is 7. The fraction of sp³-hybridized carbons (Fsp3) is 0.233. The summed E-state index contributed by atoms with van der Waals surface area (Å²) in [6, 6.07) is 19.4. The van der Waals surface area contributed by atoms with E-state index in [1.807, 2.05) is 30.3 Å². The lowest BCUT2D eigenvalue weighted by atomic mass is 9.93. The van der Waals surface area contributed by atoms with Gasteiger partial charge in [-0.15, -0.1) is 12.4 Å². The Bertz CT molecular complexity index is 1630. The fourth-order valence-corrected chi connectivity index (χ4v) is 5.00. The van der Waals surface area contributed by atoms with Crippen molar-refractivity contribution in [3.05, 3.63) is 106 Å². The van der Waals surface area contributed by atoms with Crippen LogP contribution in [0.2, 0.25) is 0 Å². The van der Waals surface area contributed by atoms with Crippen molar-refractivity contribution in [1.82, 2.24) is 10.3 Å². The molecule has 3 atom stereocenters. The molecule has 0 aliphatic carbocycles. The summed E-state index contributed by atoms with van der Waals surface area (Å²) in [5.41, 5.74) is 5.96. The van der Waals surface area contributed by atoms with Crippen LogP contribution in [-0.2, 0) is 26.9 Å². The van der Waals surface area contributed by atoms with Crippen LogP contribution in [0.15, 0.2) is 83.7 Å². The molecule has 41 heavy (non-hydrogen) atoms. The zero-order valence-electron chi connectivity index (χ0n) is 21.6. The van der Waals surface area contributed by atoms with E-state index in [0.29, 0.717) is 23.8 Å². The van der Waals surface area contributed by atoms with Gasteiger partial charge in [-0.1, -0.05) is 60.7 Å². The number of benzene rings is 3. The second-order valence-electron chi connectivity index (χ2n) is 9.82. The number of fused-ring (bicyclic) bond motifs is 1. The van der Waals surface area contributed by atoms with Crippen LogP contribution in [0.25, 0.3) is 22.0 Å². The van der Waals surface area contributed by atoms with Crippen molar-refractivity contribution >= 4 is 35.1 Å². The van der Waals surface area contributed by atoms with Crippen LogP contribution in [0.1, 0.15) is 29.0 Å². The molecule has 0 saturated carbocycles. The number of esters is 1. The molecule has 1 aliphatic heterocycles. The molecule has 0 spiro atoms. The lowest BCUT2D eigenvalue weighted by Gasteiger charge is -2.15. The minimum Gasteiger partial charge on any atom is -0.462 e. The van der Waals surface area contributed by atoms with E-state index in [1.165, 1.54) is 24.3 Å². The highest BCUT2D eigenvalue weighted by atomic mass is 35.5. The van der Waals surface area contributed by atoms with Crippen LogP contribution in [0.3, 0.4) is 0 Å². The summed E-state index contributed by atoms with van der Waals surface area (Å²) in [7, 11) is 0. The summed E-state index contributed by atoms with van der Waals surface area (Å²) < 4.78 is 45.9. The molecule has 1 unspecified atom stereocenters. The van der Waals surface area contributed by atoms with Gasteiger partial charge in [0.15, 0.2) is 0 Å². The third-order valence-corrected chi connectivity index (χ3v) is 7.01. The van der Waals surface area contributed by atoms with Crippen molar-refractivity contribution < 1.29 is 27.5 Å². The molecule has 1 aliphatic rings. The number of alkyl halides is 3. The van der Waals surface area contributed by atoms with E-state index in [9.17, 15) is 27.6 Å². The number of pyridine rings is 1. The maximum atomic E-state index is 13.5. The standard InChI is InChI=1S/C30H26F3N3O4.ClH/c31-30(32,33)24-9-5-4-8-21(24)26-14-19-11-10-18(13-22(19)28(38)36-26)23-15-20(35-27(23)37)16-40-29(39)25(34)12-17-6-2-1-3-7-17;/h1-11,13-14,20,23,25H,12,15-16,34H2,(H,35,37)(H,36,38);1H/t20?,23-,25+;/m1./s1. The van der Waals surface area contributed by atoms with Crippen molar-refractivity contribution in [2.24, 2.45) is 5.73 Å². The first-order valence-corrected chi connectivity index (χ1v) is 12.7. The normalized spacial score (nSPS) is 17.5. The Labute approximate surface area is 239 Å². The topological polar surface area (TPSA) is 114 Å². The Hall–Kier alpha value is -4.15. The molecular formula is C30H27ClF3N3O4. The summed E-state index contributed by atoms with van der Waals surface area (Å²) in [6.45, 7) is -0.0420. The predicted octanol–water partition coefficient (Wildman–Crippen LogP) is 4.72. The van der Waals surface area contributed by atoms with Crippen LogP contribution in [-0.4, -0.2) is 35.6 Å². The van der Waals surface area contributed by atoms with Gasteiger partial charge in [-0.05, 0) is 47.6 Å². The number of H-pyrrole nitrogens is 1. The Morgan fingerprint density at radius 2 is 1.71 bits per heavy atom. The van der Waals surface area contributed by atoms with Crippen molar-refractivity contribution in [3.8, 4) is 11.3 Å². The SMILES string of the molecule is Cl.N[C@@H](Cc1ccccc1)C(=O)OCC1C[C@H](c2ccc3cc(-c4ccccc4C(F)(F)F)[nH]c(=O)c3c2)C(=O)N1. The third kappa shape index (κ3) is 6.61. The number of nitrogens with one attached hydrogen (secondary N) is 2. The van der Waals surface area contributed by atoms with Gasteiger partial charge in [0.1, 0.15) is 12.6 Å². The first-order chi connectivity index (χ1) is 19.1. The van der Waals surface area contributed by atoms with Crippen LogP contribution in [0.5, 0.6) is 0 Å². The second-order valence-corrected chi connectivity index (χ2v) is 9.82. The number of carbonyl (C=O) groups is 2. The molecule has 11 heteroatoms. The molecule has 214 valence electrons. The van der Waals surface area contributed by atoms with Crippen molar-refractivity contribution in [2.75, 3.05) is 6.61 Å². The first kappa shape index (κ1) is 29.8. The van der Waals surface area contributed by atoms with Gasteiger partial charge in [0, 0.05) is 16.6 Å². The summed E-state index contributed by atoms with van der Waals surface area (Å²) in [4.78, 5) is 40.6. The van der Waals surface area contributed by atoms with Crippen LogP contribution in [0, 0.1) is 0 Å². The largest absolute Gasteiger partial charge is 0.462 e. The molecule has 2 heterocycles. The molecule has 3 aromatic carbocycles. The van der Waals surface area contributed by atoms with E-state index in [0.717, 1.165) is 11.6 Å². The second kappa shape index (κ2) is 12.2. The van der Waals surface area contributed by atoms with Gasteiger partial charge < -0.3 is 20.8 Å². The van der Waals surface area contributed by atoms with Crippen molar-refractivity contribution in [2.45, 2.75) is 37.0 Å². The smallest absolute Gasteiger partial charge is 0.417 e. The Morgan fingerprint density at radius 1 is 1.00 bits per heavy atom. The summed E-state index contributed by atoms with van der Waals surface area (Å²) >= 11 is 0. The number of carbonyl (C=O) groups excluding carboxylic acids is 2. The average Bonchev–Trinajstić information content (AvgIpc) is 3.31. The minimum absolute atomic E-state index is 0. The monoisotopic (exact) mass is 585 g/mol. The molecule has 0 bridgehead atoms. The minimum atomic E-state index is -4.58. The number of aromatic nitrogens is 1.